The van der Waals surface area contributed by atoms with Crippen LogP contribution in [0, 0.1) is 0 Å². The molecule has 0 amide bonds. The molecule has 0 aromatic heterocycles. The topological polar surface area (TPSA) is 34.1 Å². The summed E-state index contributed by atoms with van der Waals surface area (Å²) in [6.45, 7) is 0. The Bertz CT molecular complexity index is 456. The van der Waals surface area contributed by atoms with Crippen molar-refractivity contribution in [3.05, 3.63) is 34.9 Å². The minimum atomic E-state index is -3.43. The van der Waals surface area contributed by atoms with Crippen LogP contribution in [-0.2, 0) is 9.05 Å². The zero-order chi connectivity index (χ0) is 10.3. The van der Waals surface area contributed by atoms with Gasteiger partial charge >= 0.3 is 0 Å². The number of rotatable bonds is 2. The van der Waals surface area contributed by atoms with Crippen LogP contribution in [0.25, 0.3) is 0 Å². The summed E-state index contributed by atoms with van der Waals surface area (Å²) >= 11 is 5.94. The molecule has 2 atom stereocenters. The third-order valence-electron chi connectivity index (χ3n) is 2.40. The Morgan fingerprint density at radius 1 is 1.29 bits per heavy atom. The first kappa shape index (κ1) is 10.3. The van der Waals surface area contributed by atoms with E-state index in [1.165, 1.54) is 0 Å². The second-order valence-corrected chi connectivity index (χ2v) is 6.63. The fraction of sp³-hybridized carbons (Fsp3) is 0.333. The molecule has 1 aliphatic carbocycles. The normalized spacial score (nSPS) is 26.1. The van der Waals surface area contributed by atoms with Gasteiger partial charge in [0, 0.05) is 21.6 Å². The average molecular weight is 251 g/mol. The maximum atomic E-state index is 11.0. The molecule has 1 saturated carbocycles. The highest BCUT2D eigenvalue weighted by Gasteiger charge is 2.48. The Morgan fingerprint density at radius 2 is 1.93 bits per heavy atom. The van der Waals surface area contributed by atoms with Gasteiger partial charge in [-0.2, -0.15) is 0 Å². The summed E-state index contributed by atoms with van der Waals surface area (Å²) < 4.78 is 22.0. The van der Waals surface area contributed by atoms with Gasteiger partial charge in [0.25, 0.3) is 0 Å². The SMILES string of the molecule is O=S(=O)(Cl)C1CC1c1ccccc1Cl. The van der Waals surface area contributed by atoms with Gasteiger partial charge in [0.05, 0.1) is 5.25 Å². The molecule has 76 valence electrons. The first-order valence-corrected chi connectivity index (χ1v) is 6.93. The maximum Gasteiger partial charge on any atom is 0.236 e. The Balaban J connectivity index is 2.26. The largest absolute Gasteiger partial charge is 0.236 e. The van der Waals surface area contributed by atoms with Crippen LogP contribution >= 0.6 is 22.3 Å². The highest BCUT2D eigenvalue weighted by Crippen LogP contribution is 2.49. The Kier molecular flexibility index (Phi) is 2.50. The lowest BCUT2D eigenvalue weighted by atomic mass is 10.1. The van der Waals surface area contributed by atoms with Crippen LogP contribution in [0.5, 0.6) is 0 Å². The molecule has 5 heteroatoms. The van der Waals surface area contributed by atoms with Gasteiger partial charge in [-0.15, -0.1) is 0 Å². The van der Waals surface area contributed by atoms with E-state index in [2.05, 4.69) is 0 Å². The number of hydrogen-bond donors (Lipinski definition) is 0. The Labute approximate surface area is 92.3 Å². The average Bonchev–Trinajstić information content (AvgIpc) is 2.83. The van der Waals surface area contributed by atoms with Crippen molar-refractivity contribution >= 4 is 31.3 Å². The first-order chi connectivity index (χ1) is 6.50. The van der Waals surface area contributed by atoms with Crippen LogP contribution < -0.4 is 0 Å². The molecule has 14 heavy (non-hydrogen) atoms. The molecule has 0 saturated heterocycles. The molecule has 2 rings (SSSR count). The van der Waals surface area contributed by atoms with Gasteiger partial charge in [0.1, 0.15) is 0 Å². The van der Waals surface area contributed by atoms with E-state index < -0.39 is 14.3 Å². The Hall–Kier alpha value is -0.250. The zero-order valence-corrected chi connectivity index (χ0v) is 9.48. The lowest BCUT2D eigenvalue weighted by molar-refractivity contribution is 0.607. The third kappa shape index (κ3) is 1.90. The second-order valence-electron chi connectivity index (χ2n) is 3.38. The molecule has 0 aliphatic heterocycles. The molecule has 1 aromatic rings. The summed E-state index contributed by atoms with van der Waals surface area (Å²) in [6.07, 6.45) is 0.579. The van der Waals surface area contributed by atoms with Crippen molar-refractivity contribution in [2.45, 2.75) is 17.6 Å². The summed E-state index contributed by atoms with van der Waals surface area (Å²) in [7, 11) is 1.83. The standard InChI is InChI=1S/C9H8Cl2O2S/c10-8-4-2-1-3-6(8)7-5-9(7)14(11,12)13/h1-4,7,9H,5H2. The van der Waals surface area contributed by atoms with E-state index in [-0.39, 0.29) is 5.92 Å². The molecule has 0 heterocycles. The first-order valence-electron chi connectivity index (χ1n) is 4.18. The lowest BCUT2D eigenvalue weighted by Gasteiger charge is -2.00. The predicted molar refractivity (Wildman–Crippen MR) is 57.4 cm³/mol. The van der Waals surface area contributed by atoms with E-state index in [1.54, 1.807) is 6.07 Å². The lowest BCUT2D eigenvalue weighted by Crippen LogP contribution is -1.99. The van der Waals surface area contributed by atoms with Crippen molar-refractivity contribution in [3.63, 3.8) is 0 Å². The summed E-state index contributed by atoms with van der Waals surface area (Å²) in [5.41, 5.74) is 0.878. The number of halogens is 2. The molecule has 0 spiro atoms. The minimum absolute atomic E-state index is 0.0220. The van der Waals surface area contributed by atoms with E-state index in [0.29, 0.717) is 11.4 Å². The monoisotopic (exact) mass is 250 g/mol. The number of benzene rings is 1. The number of hydrogen-bond acceptors (Lipinski definition) is 2. The highest BCUT2D eigenvalue weighted by atomic mass is 35.7. The second kappa shape index (κ2) is 3.40. The Morgan fingerprint density at radius 3 is 2.43 bits per heavy atom. The van der Waals surface area contributed by atoms with Crippen molar-refractivity contribution in [2.75, 3.05) is 0 Å². The quantitative estimate of drug-likeness (QED) is 0.757. The molecular weight excluding hydrogens is 243 g/mol. The van der Waals surface area contributed by atoms with Crippen molar-refractivity contribution < 1.29 is 8.42 Å². The summed E-state index contributed by atoms with van der Waals surface area (Å²) in [5, 5.41) is 0.157. The van der Waals surface area contributed by atoms with Crippen LogP contribution in [0.2, 0.25) is 5.02 Å². The zero-order valence-electron chi connectivity index (χ0n) is 7.15. The van der Waals surface area contributed by atoms with Crippen LogP contribution in [0.1, 0.15) is 17.9 Å². The van der Waals surface area contributed by atoms with Gasteiger partial charge in [0.15, 0.2) is 0 Å². The highest BCUT2D eigenvalue weighted by molar-refractivity contribution is 8.14. The van der Waals surface area contributed by atoms with Gasteiger partial charge in [-0.25, -0.2) is 8.42 Å². The van der Waals surface area contributed by atoms with E-state index in [0.717, 1.165) is 5.56 Å². The minimum Gasteiger partial charge on any atom is -0.212 e. The molecule has 1 fully saturated rings. The molecule has 0 bridgehead atoms. The molecule has 1 aromatic carbocycles. The predicted octanol–water partition coefficient (Wildman–Crippen LogP) is 2.76. The molecule has 2 nitrogen and oxygen atoms in total. The van der Waals surface area contributed by atoms with Gasteiger partial charge in [0.2, 0.25) is 9.05 Å². The van der Waals surface area contributed by atoms with E-state index in [9.17, 15) is 8.42 Å². The van der Waals surface area contributed by atoms with Gasteiger partial charge in [-0.3, -0.25) is 0 Å². The molecule has 0 radical (unpaired) electrons. The van der Waals surface area contributed by atoms with E-state index >= 15 is 0 Å². The fourth-order valence-electron chi connectivity index (χ4n) is 1.59. The fourth-order valence-corrected chi connectivity index (χ4v) is 3.43. The van der Waals surface area contributed by atoms with Crippen molar-refractivity contribution in [3.8, 4) is 0 Å². The van der Waals surface area contributed by atoms with Crippen molar-refractivity contribution in [1.82, 2.24) is 0 Å². The van der Waals surface area contributed by atoms with E-state index in [1.807, 2.05) is 18.2 Å². The van der Waals surface area contributed by atoms with Crippen LogP contribution in [0.15, 0.2) is 24.3 Å². The van der Waals surface area contributed by atoms with E-state index in [4.69, 9.17) is 22.3 Å². The smallest absolute Gasteiger partial charge is 0.212 e. The summed E-state index contributed by atoms with van der Waals surface area (Å²) in [4.78, 5) is 0. The third-order valence-corrected chi connectivity index (χ3v) is 4.67. The van der Waals surface area contributed by atoms with Crippen LogP contribution in [-0.4, -0.2) is 13.7 Å². The van der Waals surface area contributed by atoms with Gasteiger partial charge < -0.3 is 0 Å². The van der Waals surface area contributed by atoms with Crippen molar-refractivity contribution in [2.24, 2.45) is 0 Å². The summed E-state index contributed by atoms with van der Waals surface area (Å²) in [6, 6.07) is 7.26. The molecular formula is C9H8Cl2O2S. The molecule has 1 aliphatic rings. The summed E-state index contributed by atoms with van der Waals surface area (Å²) in [5.74, 6) is -0.0220. The molecule has 2 unspecified atom stereocenters. The van der Waals surface area contributed by atoms with Gasteiger partial charge in [-0.1, -0.05) is 29.8 Å². The van der Waals surface area contributed by atoms with Crippen LogP contribution in [0.4, 0.5) is 0 Å². The maximum absolute atomic E-state index is 11.0. The van der Waals surface area contributed by atoms with Crippen LogP contribution in [0.3, 0.4) is 0 Å². The van der Waals surface area contributed by atoms with Gasteiger partial charge in [-0.05, 0) is 18.1 Å². The molecule has 0 N–H and O–H groups in total. The van der Waals surface area contributed by atoms with Crippen molar-refractivity contribution in [1.29, 1.82) is 0 Å².